The summed E-state index contributed by atoms with van der Waals surface area (Å²) in [5.74, 6) is 1.25. The van der Waals surface area contributed by atoms with Gasteiger partial charge in [-0.25, -0.2) is 9.78 Å². The molecule has 6 rings (SSSR count). The van der Waals surface area contributed by atoms with Gasteiger partial charge in [0.1, 0.15) is 19.2 Å². The molecular formula is C18H20ClNa2O6P. The summed E-state index contributed by atoms with van der Waals surface area (Å²) in [5.41, 5.74) is -0.428. The van der Waals surface area contributed by atoms with E-state index in [0.717, 1.165) is 37.7 Å². The van der Waals surface area contributed by atoms with Crippen molar-refractivity contribution in [3.63, 3.8) is 0 Å². The van der Waals surface area contributed by atoms with Crippen molar-refractivity contribution in [1.82, 2.24) is 0 Å². The Balaban J connectivity index is 0.00000112. The summed E-state index contributed by atoms with van der Waals surface area (Å²) in [7, 11) is -5.11. The van der Waals surface area contributed by atoms with Crippen LogP contribution in [-0.4, -0.2) is 10.5 Å². The summed E-state index contributed by atoms with van der Waals surface area (Å²) in [6, 6.07) is 6.54. The van der Waals surface area contributed by atoms with Crippen LogP contribution >= 0.6 is 19.4 Å². The van der Waals surface area contributed by atoms with Crippen molar-refractivity contribution in [1.29, 1.82) is 0 Å². The van der Waals surface area contributed by atoms with Gasteiger partial charge in [0.15, 0.2) is 5.60 Å². The van der Waals surface area contributed by atoms with Crippen LogP contribution in [-0.2, 0) is 19.9 Å². The first kappa shape index (κ1) is 24.0. The second-order valence-electron chi connectivity index (χ2n) is 8.55. The van der Waals surface area contributed by atoms with E-state index in [4.69, 9.17) is 21.4 Å². The second kappa shape index (κ2) is 7.75. The number of rotatable bonds is 3. The van der Waals surface area contributed by atoms with Crippen LogP contribution < -0.4 is 73.4 Å². The van der Waals surface area contributed by atoms with Crippen LogP contribution in [0.1, 0.15) is 44.6 Å². The van der Waals surface area contributed by atoms with E-state index in [-0.39, 0.29) is 69.7 Å². The molecule has 10 heteroatoms. The van der Waals surface area contributed by atoms with E-state index in [9.17, 15) is 14.4 Å². The van der Waals surface area contributed by atoms with Gasteiger partial charge >= 0.3 is 59.1 Å². The molecule has 28 heavy (non-hydrogen) atoms. The zero-order chi connectivity index (χ0) is 18.4. The van der Waals surface area contributed by atoms with E-state index in [0.29, 0.717) is 17.8 Å². The Hall–Kier alpha value is 1.38. The minimum atomic E-state index is -5.11. The quantitative estimate of drug-likeness (QED) is 0.209. The monoisotopic (exact) mass is 444 g/mol. The SMILES string of the molecule is CC1(c2cccc(OP(=O)([O-])[O-])c2)OOC12C1CC3CC2CC(Cl)(C3)C1.[Na+].[Na+]. The van der Waals surface area contributed by atoms with Crippen LogP contribution in [0.3, 0.4) is 0 Å². The fourth-order valence-corrected chi connectivity index (χ4v) is 7.26. The Morgan fingerprint density at radius 3 is 2.29 bits per heavy atom. The van der Waals surface area contributed by atoms with Crippen molar-refractivity contribution in [3.05, 3.63) is 29.8 Å². The first-order valence-corrected chi connectivity index (χ1v) is 10.9. The van der Waals surface area contributed by atoms with Crippen molar-refractivity contribution in [2.45, 2.75) is 55.1 Å². The average Bonchev–Trinajstić information content (AvgIpc) is 2.50. The second-order valence-corrected chi connectivity index (χ2v) is 10.4. The smallest absolute Gasteiger partial charge is 0.780 e. The zero-order valence-electron chi connectivity index (χ0n) is 16.4. The number of alkyl halides is 1. The van der Waals surface area contributed by atoms with Crippen LogP contribution in [0.4, 0.5) is 0 Å². The number of halogens is 1. The molecule has 3 atom stereocenters. The normalized spacial score (nSPS) is 43.1. The zero-order valence-corrected chi connectivity index (χ0v) is 22.0. The molecule has 1 spiro atoms. The summed E-state index contributed by atoms with van der Waals surface area (Å²) in [5, 5.41) is 0. The van der Waals surface area contributed by atoms with Crippen LogP contribution in [0.5, 0.6) is 5.75 Å². The van der Waals surface area contributed by atoms with Crippen LogP contribution in [0.25, 0.3) is 0 Å². The summed E-state index contributed by atoms with van der Waals surface area (Å²) < 4.78 is 15.5. The molecule has 1 saturated heterocycles. The molecule has 4 bridgehead atoms. The molecule has 0 radical (unpaired) electrons. The van der Waals surface area contributed by atoms with Crippen molar-refractivity contribution in [3.8, 4) is 5.75 Å². The largest absolute Gasteiger partial charge is 1.00 e. The molecule has 3 unspecified atom stereocenters. The third-order valence-electron chi connectivity index (χ3n) is 7.02. The Labute approximate surface area is 213 Å². The molecule has 1 aromatic rings. The Kier molecular flexibility index (Phi) is 6.66. The molecule has 6 nitrogen and oxygen atoms in total. The molecule has 0 N–H and O–H groups in total. The number of phosphoric acid groups is 1. The van der Waals surface area contributed by atoms with E-state index in [1.807, 2.05) is 13.0 Å². The summed E-state index contributed by atoms with van der Waals surface area (Å²) in [6.07, 6.45) is 5.06. The van der Waals surface area contributed by atoms with E-state index in [1.165, 1.54) is 6.07 Å². The fourth-order valence-electron chi connectivity index (χ4n) is 6.30. The van der Waals surface area contributed by atoms with Gasteiger partial charge in [0.25, 0.3) is 0 Å². The van der Waals surface area contributed by atoms with E-state index in [1.54, 1.807) is 12.1 Å². The molecule has 142 valence electrons. The predicted molar refractivity (Wildman–Crippen MR) is 89.1 cm³/mol. The van der Waals surface area contributed by atoms with Crippen LogP contribution in [0.2, 0.25) is 0 Å². The van der Waals surface area contributed by atoms with Gasteiger partial charge in [-0.3, -0.25) is 0 Å². The number of phosphoric ester groups is 1. The molecule has 1 aliphatic heterocycles. The maximum absolute atomic E-state index is 11.0. The number of hydrogen-bond acceptors (Lipinski definition) is 6. The molecule has 5 aliphatic rings. The molecule has 0 amide bonds. The van der Waals surface area contributed by atoms with Gasteiger partial charge in [-0.15, -0.1) is 11.6 Å². The van der Waals surface area contributed by atoms with Gasteiger partial charge in [-0.2, -0.15) is 0 Å². The molecule has 1 heterocycles. The standard InChI is InChI=1S/C18H22ClO6P.2Na/c1-16(12-3-2-4-15(7-12)23-26(20,21)22)18(25-24-16)13-5-11-6-14(18)10-17(19,8-11)9-13;;/h2-4,7,11,13-14H,5-6,8-10H2,1H3,(H2,20,21,22);;/q;2*+1/p-2. The van der Waals surface area contributed by atoms with Gasteiger partial charge in [-0.1, -0.05) is 12.1 Å². The summed E-state index contributed by atoms with van der Waals surface area (Å²) in [6.45, 7) is 1.98. The minimum Gasteiger partial charge on any atom is -0.780 e. The topological polar surface area (TPSA) is 90.9 Å². The summed E-state index contributed by atoms with van der Waals surface area (Å²) >= 11 is 6.86. The van der Waals surface area contributed by atoms with Gasteiger partial charge in [0.2, 0.25) is 0 Å². The third-order valence-corrected chi connectivity index (χ3v) is 7.92. The van der Waals surface area contributed by atoms with E-state index in [2.05, 4.69) is 4.52 Å². The average molecular weight is 445 g/mol. The molecular weight excluding hydrogens is 425 g/mol. The molecule has 4 saturated carbocycles. The molecule has 1 aromatic carbocycles. The maximum atomic E-state index is 11.0. The summed E-state index contributed by atoms with van der Waals surface area (Å²) in [4.78, 5) is 33.3. The van der Waals surface area contributed by atoms with Gasteiger partial charge in [-0.05, 0) is 74.5 Å². The maximum Gasteiger partial charge on any atom is 1.00 e. The van der Waals surface area contributed by atoms with Crippen molar-refractivity contribution < 1.29 is 87.8 Å². The predicted octanol–water partition coefficient (Wildman–Crippen LogP) is -3.36. The first-order chi connectivity index (χ1) is 12.1. The molecule has 5 fully saturated rings. The number of hydrogen-bond donors (Lipinski definition) is 0. The first-order valence-electron chi connectivity index (χ1n) is 9.02. The molecule has 4 aliphatic carbocycles. The fraction of sp³-hybridized carbons (Fsp3) is 0.667. The van der Waals surface area contributed by atoms with Crippen LogP contribution in [0.15, 0.2) is 24.3 Å². The van der Waals surface area contributed by atoms with E-state index < -0.39 is 19.0 Å². The number of benzene rings is 1. The van der Waals surface area contributed by atoms with Crippen LogP contribution in [0, 0.1) is 17.8 Å². The molecule has 0 aromatic heterocycles. The minimum absolute atomic E-state index is 0. The van der Waals surface area contributed by atoms with Crippen molar-refractivity contribution >= 4 is 19.4 Å². The van der Waals surface area contributed by atoms with E-state index >= 15 is 0 Å². The Morgan fingerprint density at radius 1 is 1.14 bits per heavy atom. The van der Waals surface area contributed by atoms with Gasteiger partial charge in [0, 0.05) is 4.87 Å². The third kappa shape index (κ3) is 3.54. The Morgan fingerprint density at radius 2 is 1.79 bits per heavy atom. The van der Waals surface area contributed by atoms with Crippen molar-refractivity contribution in [2.24, 2.45) is 17.8 Å². The Bertz CT molecular complexity index is 803. The van der Waals surface area contributed by atoms with Crippen molar-refractivity contribution in [2.75, 3.05) is 0 Å². The van der Waals surface area contributed by atoms with Gasteiger partial charge < -0.3 is 18.9 Å². The van der Waals surface area contributed by atoms with Gasteiger partial charge in [0.05, 0.1) is 0 Å².